The first kappa shape index (κ1) is 11.8. The minimum Gasteiger partial charge on any atom is -0.345 e. The van der Waals surface area contributed by atoms with Crippen LogP contribution < -0.4 is 5.32 Å². The quantitative estimate of drug-likeness (QED) is 0.907. The van der Waals surface area contributed by atoms with Gasteiger partial charge in [-0.2, -0.15) is 5.10 Å². The molecule has 0 saturated carbocycles. The van der Waals surface area contributed by atoms with Gasteiger partial charge in [0.15, 0.2) is 0 Å². The Kier molecular flexibility index (Phi) is 3.53. The summed E-state index contributed by atoms with van der Waals surface area (Å²) in [4.78, 5) is 15.9. The number of hydrogen-bond acceptors (Lipinski definition) is 3. The number of halogens is 1. The minimum absolute atomic E-state index is 0.125. The van der Waals surface area contributed by atoms with Gasteiger partial charge in [0, 0.05) is 10.0 Å². The highest BCUT2D eigenvalue weighted by Gasteiger charge is 2.10. The van der Waals surface area contributed by atoms with Crippen molar-refractivity contribution in [1.29, 1.82) is 0 Å². The summed E-state index contributed by atoms with van der Waals surface area (Å²) in [5.74, 6) is 0.506. The number of carbonyl (C=O) groups excluding carboxylic acids is 1. The Morgan fingerprint density at radius 1 is 1.53 bits per heavy atom. The maximum absolute atomic E-state index is 11.9. The molecule has 0 radical (unpaired) electrons. The van der Waals surface area contributed by atoms with E-state index in [1.54, 1.807) is 6.07 Å². The summed E-state index contributed by atoms with van der Waals surface area (Å²) in [6.45, 7) is 2.23. The van der Waals surface area contributed by atoms with Gasteiger partial charge >= 0.3 is 0 Å². The van der Waals surface area contributed by atoms with Gasteiger partial charge in [-0.05, 0) is 24.6 Å². The van der Waals surface area contributed by atoms with E-state index in [-0.39, 0.29) is 5.91 Å². The number of H-pyrrole nitrogens is 1. The van der Waals surface area contributed by atoms with Crippen molar-refractivity contribution in [3.8, 4) is 0 Å². The first-order valence-corrected chi connectivity index (χ1v) is 5.85. The molecule has 5 nitrogen and oxygen atoms in total. The van der Waals surface area contributed by atoms with Crippen LogP contribution in [0, 0.1) is 6.92 Å². The molecule has 1 aromatic heterocycles. The molecule has 0 unspecified atom stereocenters. The Labute approximate surface area is 107 Å². The fourth-order valence-electron chi connectivity index (χ4n) is 1.43. The van der Waals surface area contributed by atoms with E-state index in [0.29, 0.717) is 17.9 Å². The molecule has 2 aromatic rings. The summed E-state index contributed by atoms with van der Waals surface area (Å²) in [5, 5.41) is 9.17. The summed E-state index contributed by atoms with van der Waals surface area (Å²) in [6.07, 6.45) is 1.41. The van der Waals surface area contributed by atoms with Gasteiger partial charge in [0.1, 0.15) is 12.2 Å². The Morgan fingerprint density at radius 2 is 2.35 bits per heavy atom. The number of hydrogen-bond donors (Lipinski definition) is 2. The van der Waals surface area contributed by atoms with E-state index in [0.717, 1.165) is 10.0 Å². The number of nitrogens with one attached hydrogen (secondary N) is 2. The predicted molar refractivity (Wildman–Crippen MR) is 66.4 cm³/mol. The Hall–Kier alpha value is -1.69. The van der Waals surface area contributed by atoms with Crippen LogP contribution in [-0.4, -0.2) is 21.1 Å². The summed E-state index contributed by atoms with van der Waals surface area (Å²) >= 11 is 3.40. The second-order valence-corrected chi connectivity index (χ2v) is 4.38. The van der Waals surface area contributed by atoms with E-state index in [9.17, 15) is 4.79 Å². The molecule has 1 aromatic carbocycles. The molecule has 0 saturated heterocycles. The third-order valence-electron chi connectivity index (χ3n) is 2.39. The molecule has 17 heavy (non-hydrogen) atoms. The van der Waals surface area contributed by atoms with E-state index in [1.807, 2.05) is 19.1 Å². The molecule has 1 heterocycles. The van der Waals surface area contributed by atoms with Gasteiger partial charge < -0.3 is 5.32 Å². The average Bonchev–Trinajstić information content (AvgIpc) is 2.82. The Bertz CT molecular complexity index is 524. The minimum atomic E-state index is -0.125. The molecule has 0 spiro atoms. The van der Waals surface area contributed by atoms with E-state index >= 15 is 0 Å². The lowest BCUT2D eigenvalue weighted by Gasteiger charge is -2.07. The van der Waals surface area contributed by atoms with Gasteiger partial charge in [-0.25, -0.2) is 4.98 Å². The van der Waals surface area contributed by atoms with Crippen molar-refractivity contribution in [3.05, 3.63) is 46.0 Å². The zero-order valence-electron chi connectivity index (χ0n) is 9.20. The third-order valence-corrected chi connectivity index (χ3v) is 3.25. The fourth-order valence-corrected chi connectivity index (χ4v) is 1.79. The van der Waals surface area contributed by atoms with Crippen LogP contribution in [-0.2, 0) is 6.54 Å². The largest absolute Gasteiger partial charge is 0.345 e. The van der Waals surface area contributed by atoms with Crippen LogP contribution in [0.4, 0.5) is 0 Å². The van der Waals surface area contributed by atoms with Crippen LogP contribution in [0.1, 0.15) is 21.7 Å². The third kappa shape index (κ3) is 2.71. The van der Waals surface area contributed by atoms with E-state index < -0.39 is 0 Å². The molecule has 0 bridgehead atoms. The van der Waals surface area contributed by atoms with E-state index in [4.69, 9.17) is 0 Å². The molecule has 2 rings (SSSR count). The summed E-state index contributed by atoms with van der Waals surface area (Å²) in [7, 11) is 0. The van der Waals surface area contributed by atoms with Gasteiger partial charge in [0.2, 0.25) is 0 Å². The van der Waals surface area contributed by atoms with Crippen molar-refractivity contribution in [2.24, 2.45) is 0 Å². The number of benzene rings is 1. The molecule has 6 heteroatoms. The Balaban J connectivity index is 2.07. The Morgan fingerprint density at radius 3 is 3.06 bits per heavy atom. The maximum atomic E-state index is 11.9. The first-order valence-electron chi connectivity index (χ1n) is 5.06. The zero-order valence-corrected chi connectivity index (χ0v) is 10.8. The number of nitrogens with zero attached hydrogens (tertiary/aromatic N) is 2. The zero-order chi connectivity index (χ0) is 12.3. The van der Waals surface area contributed by atoms with Crippen molar-refractivity contribution in [2.45, 2.75) is 13.5 Å². The predicted octanol–water partition coefficient (Wildman–Crippen LogP) is 1.81. The average molecular weight is 295 g/mol. The summed E-state index contributed by atoms with van der Waals surface area (Å²) in [6, 6.07) is 5.53. The van der Waals surface area contributed by atoms with Gasteiger partial charge in [-0.3, -0.25) is 9.89 Å². The van der Waals surface area contributed by atoms with Gasteiger partial charge in [-0.1, -0.05) is 22.0 Å². The second kappa shape index (κ2) is 5.09. The number of aromatic nitrogens is 3. The summed E-state index contributed by atoms with van der Waals surface area (Å²) in [5.41, 5.74) is 1.57. The molecule has 0 aliphatic carbocycles. The molecule has 88 valence electrons. The lowest BCUT2D eigenvalue weighted by molar-refractivity contribution is 0.0949. The highest BCUT2D eigenvalue weighted by molar-refractivity contribution is 9.10. The molecule has 1 amide bonds. The smallest absolute Gasteiger partial charge is 0.251 e. The molecule has 0 atom stereocenters. The standard InChI is InChI=1S/C11H11BrN4O/c1-7-8(3-2-4-9(7)12)11(17)13-5-10-14-6-15-16-10/h2-4,6H,5H2,1H3,(H,13,17)(H,14,15,16). The van der Waals surface area contributed by atoms with Crippen molar-refractivity contribution in [1.82, 2.24) is 20.5 Å². The SMILES string of the molecule is Cc1c(Br)cccc1C(=O)NCc1ncn[nH]1. The topological polar surface area (TPSA) is 70.7 Å². The normalized spacial score (nSPS) is 10.2. The molecule has 0 aliphatic rings. The van der Waals surface area contributed by atoms with Crippen LogP contribution >= 0.6 is 15.9 Å². The van der Waals surface area contributed by atoms with Crippen LogP contribution in [0.25, 0.3) is 0 Å². The molecule has 0 aliphatic heterocycles. The number of carbonyl (C=O) groups is 1. The highest BCUT2D eigenvalue weighted by atomic mass is 79.9. The lowest BCUT2D eigenvalue weighted by atomic mass is 10.1. The van der Waals surface area contributed by atoms with Crippen LogP contribution in [0.3, 0.4) is 0 Å². The lowest BCUT2D eigenvalue weighted by Crippen LogP contribution is -2.24. The van der Waals surface area contributed by atoms with E-state index in [2.05, 4.69) is 36.4 Å². The van der Waals surface area contributed by atoms with Crippen LogP contribution in [0.2, 0.25) is 0 Å². The van der Waals surface area contributed by atoms with Gasteiger partial charge in [0.25, 0.3) is 5.91 Å². The van der Waals surface area contributed by atoms with Crippen molar-refractivity contribution < 1.29 is 4.79 Å². The molecular weight excluding hydrogens is 284 g/mol. The number of aromatic amines is 1. The number of amides is 1. The monoisotopic (exact) mass is 294 g/mol. The molecule has 0 fully saturated rings. The molecular formula is C11H11BrN4O. The summed E-state index contributed by atoms with van der Waals surface area (Å²) < 4.78 is 0.921. The molecule has 2 N–H and O–H groups in total. The maximum Gasteiger partial charge on any atom is 0.251 e. The van der Waals surface area contributed by atoms with Crippen LogP contribution in [0.5, 0.6) is 0 Å². The highest BCUT2D eigenvalue weighted by Crippen LogP contribution is 2.19. The first-order chi connectivity index (χ1) is 8.18. The van der Waals surface area contributed by atoms with Gasteiger partial charge in [0.05, 0.1) is 6.54 Å². The van der Waals surface area contributed by atoms with Crippen molar-refractivity contribution in [2.75, 3.05) is 0 Å². The van der Waals surface area contributed by atoms with Crippen LogP contribution in [0.15, 0.2) is 29.0 Å². The van der Waals surface area contributed by atoms with Crippen molar-refractivity contribution >= 4 is 21.8 Å². The van der Waals surface area contributed by atoms with E-state index in [1.165, 1.54) is 6.33 Å². The fraction of sp³-hybridized carbons (Fsp3) is 0.182. The second-order valence-electron chi connectivity index (χ2n) is 3.53. The number of rotatable bonds is 3. The van der Waals surface area contributed by atoms with Crippen molar-refractivity contribution in [3.63, 3.8) is 0 Å². The van der Waals surface area contributed by atoms with Gasteiger partial charge in [-0.15, -0.1) is 0 Å².